The maximum atomic E-state index is 11.8. The Hall–Kier alpha value is -1.76. The molecule has 6 nitrogen and oxygen atoms in total. The zero-order valence-electron chi connectivity index (χ0n) is 10.7. The van der Waals surface area contributed by atoms with Crippen molar-refractivity contribution in [2.45, 2.75) is 6.42 Å². The molecule has 0 saturated carbocycles. The smallest absolute Gasteiger partial charge is 0.240 e. The first-order valence-electron chi connectivity index (χ1n) is 5.70. The minimum absolute atomic E-state index is 0.154. The topological polar surface area (TPSA) is 81.7 Å². The van der Waals surface area contributed by atoms with E-state index in [-0.39, 0.29) is 6.61 Å². The third kappa shape index (κ3) is 3.37. The summed E-state index contributed by atoms with van der Waals surface area (Å²) in [7, 11) is -1.97. The second-order valence-electron chi connectivity index (χ2n) is 4.42. The van der Waals surface area contributed by atoms with Crippen LogP contribution >= 0.6 is 0 Å². The van der Waals surface area contributed by atoms with E-state index in [0.717, 1.165) is 11.8 Å². The second kappa shape index (κ2) is 5.08. The van der Waals surface area contributed by atoms with Crippen LogP contribution in [-0.2, 0) is 21.2 Å². The molecule has 1 N–H and O–H groups in total. The number of methoxy groups -OCH3 is 1. The lowest BCUT2D eigenvalue weighted by Gasteiger charge is -2.24. The van der Waals surface area contributed by atoms with Crippen LogP contribution in [0.2, 0.25) is 0 Å². The molecular formula is C12H15NO5S. The van der Waals surface area contributed by atoms with Crippen LogP contribution < -0.4 is 14.2 Å². The fourth-order valence-corrected chi connectivity index (χ4v) is 2.45. The first-order valence-corrected chi connectivity index (χ1v) is 7.59. The van der Waals surface area contributed by atoms with E-state index in [9.17, 15) is 13.2 Å². The van der Waals surface area contributed by atoms with Crippen LogP contribution in [0.15, 0.2) is 18.2 Å². The van der Waals surface area contributed by atoms with Crippen LogP contribution in [0.25, 0.3) is 0 Å². The van der Waals surface area contributed by atoms with E-state index >= 15 is 0 Å². The van der Waals surface area contributed by atoms with Crippen molar-refractivity contribution in [3.63, 3.8) is 0 Å². The normalized spacial score (nSPS) is 18.1. The molecule has 1 aromatic carbocycles. The molecule has 1 heterocycles. The molecule has 0 spiro atoms. The Kier molecular flexibility index (Phi) is 3.66. The number of benzene rings is 1. The highest BCUT2D eigenvalue weighted by Gasteiger charge is 2.27. The van der Waals surface area contributed by atoms with Crippen molar-refractivity contribution in [1.29, 1.82) is 0 Å². The number of rotatable bonds is 3. The predicted molar refractivity (Wildman–Crippen MR) is 68.7 cm³/mol. The Morgan fingerprint density at radius 1 is 1.47 bits per heavy atom. The Morgan fingerprint density at radius 2 is 2.21 bits per heavy atom. The number of hydrogen-bond acceptors (Lipinski definition) is 5. The summed E-state index contributed by atoms with van der Waals surface area (Å²) in [4.78, 5) is 11.8. The van der Waals surface area contributed by atoms with Gasteiger partial charge in [0.1, 0.15) is 18.1 Å². The third-order valence-corrected chi connectivity index (χ3v) is 3.41. The van der Waals surface area contributed by atoms with E-state index in [1.807, 2.05) is 10.8 Å². The average Bonchev–Trinajstić information content (AvgIpc) is 2.35. The number of fused-ring (bicyclic) bond motifs is 1. The van der Waals surface area contributed by atoms with Gasteiger partial charge in [0.15, 0.2) is 0 Å². The van der Waals surface area contributed by atoms with Crippen LogP contribution in [0, 0.1) is 5.92 Å². The van der Waals surface area contributed by atoms with Gasteiger partial charge in [0, 0.05) is 6.07 Å². The summed E-state index contributed by atoms with van der Waals surface area (Å²) in [5, 5.41) is 0. The molecule has 0 bridgehead atoms. The SMILES string of the molecule is COc1ccc2c(c1)OCC(C(=O)NS(C)(=O)=O)C2. The number of hydrogen-bond donors (Lipinski definition) is 1. The highest BCUT2D eigenvalue weighted by atomic mass is 32.2. The van der Waals surface area contributed by atoms with Gasteiger partial charge in [-0.05, 0) is 18.1 Å². The van der Waals surface area contributed by atoms with Gasteiger partial charge in [-0.15, -0.1) is 0 Å². The first-order chi connectivity index (χ1) is 8.89. The maximum Gasteiger partial charge on any atom is 0.240 e. The Morgan fingerprint density at radius 3 is 2.84 bits per heavy atom. The van der Waals surface area contributed by atoms with Gasteiger partial charge in [0.2, 0.25) is 15.9 Å². The van der Waals surface area contributed by atoms with Crippen LogP contribution in [0.4, 0.5) is 0 Å². The van der Waals surface area contributed by atoms with Gasteiger partial charge in [0.25, 0.3) is 0 Å². The molecule has 0 aromatic heterocycles. The van der Waals surface area contributed by atoms with Crippen molar-refractivity contribution in [1.82, 2.24) is 4.72 Å². The summed E-state index contributed by atoms with van der Waals surface area (Å²) < 4.78 is 34.6. The van der Waals surface area contributed by atoms with Crippen LogP contribution in [0.5, 0.6) is 11.5 Å². The molecule has 1 aliphatic heterocycles. The minimum atomic E-state index is -3.54. The lowest BCUT2D eigenvalue weighted by Crippen LogP contribution is -2.39. The van der Waals surface area contributed by atoms with Gasteiger partial charge in [-0.25, -0.2) is 8.42 Å². The van der Waals surface area contributed by atoms with E-state index < -0.39 is 21.8 Å². The number of amides is 1. The molecule has 1 unspecified atom stereocenters. The molecule has 0 saturated heterocycles. The van der Waals surface area contributed by atoms with Crippen molar-refractivity contribution >= 4 is 15.9 Å². The van der Waals surface area contributed by atoms with Crippen molar-refractivity contribution in [3.05, 3.63) is 23.8 Å². The molecule has 1 amide bonds. The van der Waals surface area contributed by atoms with E-state index in [0.29, 0.717) is 17.9 Å². The monoisotopic (exact) mass is 285 g/mol. The summed E-state index contributed by atoms with van der Waals surface area (Å²) >= 11 is 0. The molecule has 7 heteroatoms. The Labute approximate surface area is 111 Å². The summed E-state index contributed by atoms with van der Waals surface area (Å²) in [5.74, 6) is 0.306. The van der Waals surface area contributed by atoms with Gasteiger partial charge < -0.3 is 9.47 Å². The molecule has 1 aliphatic rings. The molecule has 104 valence electrons. The lowest BCUT2D eigenvalue weighted by atomic mass is 9.96. The highest BCUT2D eigenvalue weighted by Crippen LogP contribution is 2.31. The first kappa shape index (κ1) is 13.7. The Balaban J connectivity index is 2.12. The molecule has 1 atom stereocenters. The number of sulfonamides is 1. The van der Waals surface area contributed by atoms with E-state index in [1.165, 1.54) is 0 Å². The summed E-state index contributed by atoms with van der Waals surface area (Å²) in [6.07, 6.45) is 1.40. The molecule has 2 rings (SSSR count). The summed E-state index contributed by atoms with van der Waals surface area (Å²) in [6, 6.07) is 5.34. The van der Waals surface area contributed by atoms with Gasteiger partial charge in [-0.1, -0.05) is 6.07 Å². The largest absolute Gasteiger partial charge is 0.497 e. The van der Waals surface area contributed by atoms with Gasteiger partial charge in [-0.3, -0.25) is 9.52 Å². The van der Waals surface area contributed by atoms with Crippen molar-refractivity contribution in [2.75, 3.05) is 20.0 Å². The van der Waals surface area contributed by atoms with Gasteiger partial charge in [0.05, 0.1) is 19.3 Å². The van der Waals surface area contributed by atoms with Gasteiger partial charge >= 0.3 is 0 Å². The number of nitrogens with one attached hydrogen (secondary N) is 1. The van der Waals surface area contributed by atoms with Crippen LogP contribution in [0.1, 0.15) is 5.56 Å². The van der Waals surface area contributed by atoms with Crippen molar-refractivity contribution < 1.29 is 22.7 Å². The second-order valence-corrected chi connectivity index (χ2v) is 6.17. The molecular weight excluding hydrogens is 270 g/mol. The minimum Gasteiger partial charge on any atom is -0.497 e. The number of carbonyl (C=O) groups excluding carboxylic acids is 1. The van der Waals surface area contributed by atoms with Gasteiger partial charge in [-0.2, -0.15) is 0 Å². The number of ether oxygens (including phenoxy) is 2. The summed E-state index contributed by atoms with van der Waals surface area (Å²) in [6.45, 7) is 0.154. The van der Waals surface area contributed by atoms with E-state index in [2.05, 4.69) is 0 Å². The highest BCUT2D eigenvalue weighted by molar-refractivity contribution is 7.89. The molecule has 0 aliphatic carbocycles. The van der Waals surface area contributed by atoms with Crippen LogP contribution in [0.3, 0.4) is 0 Å². The Bertz CT molecular complexity index is 596. The van der Waals surface area contributed by atoms with Crippen molar-refractivity contribution in [3.8, 4) is 11.5 Å². The predicted octanol–water partition coefficient (Wildman–Crippen LogP) is 0.322. The maximum absolute atomic E-state index is 11.8. The standard InChI is InChI=1S/C12H15NO5S/c1-17-10-4-3-8-5-9(7-18-11(8)6-10)12(14)13-19(2,15)16/h3-4,6,9H,5,7H2,1-2H3,(H,13,14). The molecule has 19 heavy (non-hydrogen) atoms. The third-order valence-electron chi connectivity index (χ3n) is 2.84. The fraction of sp³-hybridized carbons (Fsp3) is 0.417. The summed E-state index contributed by atoms with van der Waals surface area (Å²) in [5.41, 5.74) is 0.862. The fourth-order valence-electron chi connectivity index (χ4n) is 1.91. The zero-order valence-corrected chi connectivity index (χ0v) is 11.5. The zero-order chi connectivity index (χ0) is 14.0. The molecule has 1 aromatic rings. The average molecular weight is 285 g/mol. The van der Waals surface area contributed by atoms with Crippen molar-refractivity contribution in [2.24, 2.45) is 5.92 Å². The quantitative estimate of drug-likeness (QED) is 0.865. The van der Waals surface area contributed by atoms with E-state index in [4.69, 9.17) is 9.47 Å². The van der Waals surface area contributed by atoms with Crippen LogP contribution in [-0.4, -0.2) is 34.3 Å². The molecule has 0 fully saturated rings. The lowest BCUT2D eigenvalue weighted by molar-refractivity contribution is -0.124. The molecule has 0 radical (unpaired) electrons. The number of carbonyl (C=O) groups is 1. The van der Waals surface area contributed by atoms with E-state index in [1.54, 1.807) is 19.2 Å².